The standard InChI is InChI=1S/C21H23BrClN3O2S.ClH/c1-4-25(5-2)12-13-26(20(27)14-6-8-15(22)9-7-14)21-24-18-17(28-3)11-10-16(23)19(18)29-21;/h6-11H,4-5,12-13H2,1-3H3;1H. The number of anilines is 1. The summed E-state index contributed by atoms with van der Waals surface area (Å²) in [6, 6.07) is 11.0. The van der Waals surface area contributed by atoms with Gasteiger partial charge in [0.2, 0.25) is 0 Å². The van der Waals surface area contributed by atoms with Gasteiger partial charge in [-0.3, -0.25) is 9.69 Å². The molecule has 0 atom stereocenters. The Morgan fingerprint density at radius 1 is 1.13 bits per heavy atom. The van der Waals surface area contributed by atoms with Crippen LogP contribution in [0.15, 0.2) is 40.9 Å². The first kappa shape index (κ1) is 24.9. The van der Waals surface area contributed by atoms with Gasteiger partial charge in [-0.05, 0) is 49.5 Å². The smallest absolute Gasteiger partial charge is 0.260 e. The molecule has 0 bridgehead atoms. The quantitative estimate of drug-likeness (QED) is 0.350. The van der Waals surface area contributed by atoms with E-state index in [1.165, 1.54) is 11.3 Å². The van der Waals surface area contributed by atoms with Crippen molar-refractivity contribution in [2.45, 2.75) is 13.8 Å². The fourth-order valence-electron chi connectivity index (χ4n) is 3.03. The van der Waals surface area contributed by atoms with Gasteiger partial charge >= 0.3 is 0 Å². The second-order valence-electron chi connectivity index (χ2n) is 6.41. The molecule has 1 amide bonds. The molecule has 0 aliphatic carbocycles. The first-order chi connectivity index (χ1) is 14.0. The fraction of sp³-hybridized carbons (Fsp3) is 0.333. The third-order valence-corrected chi connectivity index (χ3v) is 6.84. The number of nitrogens with zero attached hydrogens (tertiary/aromatic N) is 3. The number of thiazole rings is 1. The van der Waals surface area contributed by atoms with E-state index >= 15 is 0 Å². The molecule has 0 saturated carbocycles. The zero-order valence-electron chi connectivity index (χ0n) is 17.0. The third-order valence-electron chi connectivity index (χ3n) is 4.77. The van der Waals surface area contributed by atoms with E-state index in [-0.39, 0.29) is 18.3 Å². The molecule has 0 N–H and O–H groups in total. The molecule has 3 rings (SSSR count). The number of benzene rings is 2. The van der Waals surface area contributed by atoms with E-state index in [1.54, 1.807) is 24.1 Å². The zero-order valence-corrected chi connectivity index (χ0v) is 21.0. The van der Waals surface area contributed by atoms with Crippen LogP contribution in [0.3, 0.4) is 0 Å². The lowest BCUT2D eigenvalue weighted by atomic mass is 10.2. The Bertz CT molecular complexity index is 994. The summed E-state index contributed by atoms with van der Waals surface area (Å²) in [6.07, 6.45) is 0. The second kappa shape index (κ2) is 11.3. The number of fused-ring (bicyclic) bond motifs is 1. The van der Waals surface area contributed by atoms with Crippen molar-refractivity contribution >= 4 is 72.5 Å². The minimum atomic E-state index is -0.0844. The predicted octanol–water partition coefficient (Wildman–Crippen LogP) is 6.13. The van der Waals surface area contributed by atoms with Crippen LogP contribution >= 0.6 is 51.3 Å². The van der Waals surface area contributed by atoms with Gasteiger partial charge in [-0.1, -0.05) is 52.7 Å². The molecule has 1 heterocycles. The number of rotatable bonds is 8. The molecule has 0 fully saturated rings. The number of amides is 1. The molecule has 0 unspecified atom stereocenters. The molecule has 0 aliphatic heterocycles. The summed E-state index contributed by atoms with van der Waals surface area (Å²) in [6.45, 7) is 7.39. The van der Waals surface area contributed by atoms with Gasteiger partial charge in [-0.25, -0.2) is 4.98 Å². The van der Waals surface area contributed by atoms with E-state index in [4.69, 9.17) is 21.3 Å². The van der Waals surface area contributed by atoms with Crippen molar-refractivity contribution in [3.05, 3.63) is 51.5 Å². The summed E-state index contributed by atoms with van der Waals surface area (Å²) < 4.78 is 7.18. The Morgan fingerprint density at radius 2 is 1.80 bits per heavy atom. The van der Waals surface area contributed by atoms with Crippen LogP contribution in [0.25, 0.3) is 10.2 Å². The Balaban J connectivity index is 0.00000320. The highest BCUT2D eigenvalue weighted by molar-refractivity contribution is 9.10. The highest BCUT2D eigenvalue weighted by Crippen LogP contribution is 2.39. The maximum absolute atomic E-state index is 13.4. The number of hydrogen-bond donors (Lipinski definition) is 0. The van der Waals surface area contributed by atoms with Gasteiger partial charge in [-0.15, -0.1) is 12.4 Å². The molecular formula is C21H24BrCl2N3O2S. The lowest BCUT2D eigenvalue weighted by Crippen LogP contribution is -2.38. The minimum absolute atomic E-state index is 0. The normalized spacial score (nSPS) is 10.9. The number of methoxy groups -OCH3 is 1. The number of carbonyl (C=O) groups is 1. The van der Waals surface area contributed by atoms with Crippen LogP contribution in [0, 0.1) is 0 Å². The number of hydrogen-bond acceptors (Lipinski definition) is 5. The van der Waals surface area contributed by atoms with E-state index in [0.717, 1.165) is 28.8 Å². The summed E-state index contributed by atoms with van der Waals surface area (Å²) >= 11 is 11.2. The van der Waals surface area contributed by atoms with Crippen molar-refractivity contribution in [3.63, 3.8) is 0 Å². The summed E-state index contributed by atoms with van der Waals surface area (Å²) in [4.78, 5) is 22.1. The van der Waals surface area contributed by atoms with Crippen LogP contribution in [0.2, 0.25) is 5.02 Å². The SMILES string of the molecule is CCN(CC)CCN(C(=O)c1ccc(Br)cc1)c1nc2c(OC)ccc(Cl)c2s1.Cl. The van der Waals surface area contributed by atoms with Crippen molar-refractivity contribution in [1.29, 1.82) is 0 Å². The van der Waals surface area contributed by atoms with Gasteiger partial charge in [0.05, 0.1) is 16.8 Å². The highest BCUT2D eigenvalue weighted by atomic mass is 79.9. The van der Waals surface area contributed by atoms with E-state index < -0.39 is 0 Å². The molecule has 0 saturated heterocycles. The number of aromatic nitrogens is 1. The molecule has 0 aliphatic rings. The number of ether oxygens (including phenoxy) is 1. The third kappa shape index (κ3) is 5.45. The minimum Gasteiger partial charge on any atom is -0.494 e. The summed E-state index contributed by atoms with van der Waals surface area (Å²) in [5.74, 6) is 0.561. The first-order valence-electron chi connectivity index (χ1n) is 9.41. The Hall–Kier alpha value is -1.38. The molecule has 30 heavy (non-hydrogen) atoms. The summed E-state index contributed by atoms with van der Waals surface area (Å²) in [5.41, 5.74) is 1.29. The molecule has 2 aromatic carbocycles. The molecule has 1 aromatic heterocycles. The molecule has 3 aromatic rings. The molecule has 9 heteroatoms. The van der Waals surface area contributed by atoms with E-state index in [9.17, 15) is 4.79 Å². The van der Waals surface area contributed by atoms with Gasteiger partial charge in [0.1, 0.15) is 11.3 Å². The monoisotopic (exact) mass is 531 g/mol. The van der Waals surface area contributed by atoms with E-state index in [0.29, 0.717) is 33.5 Å². The maximum Gasteiger partial charge on any atom is 0.260 e. The van der Waals surface area contributed by atoms with Crippen molar-refractivity contribution in [1.82, 2.24) is 9.88 Å². The second-order valence-corrected chi connectivity index (χ2v) is 8.71. The summed E-state index contributed by atoms with van der Waals surface area (Å²) in [5, 5.41) is 1.22. The number of carbonyl (C=O) groups excluding carboxylic acids is 1. The Morgan fingerprint density at radius 3 is 2.40 bits per heavy atom. The van der Waals surface area contributed by atoms with Crippen LogP contribution in [-0.2, 0) is 0 Å². The highest BCUT2D eigenvalue weighted by Gasteiger charge is 2.23. The molecule has 0 radical (unpaired) electrons. The van der Waals surface area contributed by atoms with Gasteiger partial charge in [-0.2, -0.15) is 0 Å². The van der Waals surface area contributed by atoms with Crippen molar-refractivity contribution in [2.24, 2.45) is 0 Å². The average molecular weight is 533 g/mol. The first-order valence-corrected chi connectivity index (χ1v) is 11.4. The van der Waals surface area contributed by atoms with Gasteiger partial charge < -0.3 is 9.64 Å². The van der Waals surface area contributed by atoms with Gasteiger partial charge in [0.25, 0.3) is 5.91 Å². The van der Waals surface area contributed by atoms with Crippen LogP contribution < -0.4 is 9.64 Å². The van der Waals surface area contributed by atoms with Gasteiger partial charge in [0.15, 0.2) is 5.13 Å². The lowest BCUT2D eigenvalue weighted by Gasteiger charge is -2.24. The van der Waals surface area contributed by atoms with Crippen molar-refractivity contribution in [3.8, 4) is 5.75 Å². The predicted molar refractivity (Wildman–Crippen MR) is 132 cm³/mol. The van der Waals surface area contributed by atoms with Gasteiger partial charge in [0, 0.05) is 23.1 Å². The summed E-state index contributed by atoms with van der Waals surface area (Å²) in [7, 11) is 1.60. The molecule has 162 valence electrons. The number of likely N-dealkylation sites (N-methyl/N-ethyl adjacent to an activating group) is 1. The van der Waals surface area contributed by atoms with E-state index in [2.05, 4.69) is 34.7 Å². The van der Waals surface area contributed by atoms with Crippen LogP contribution in [0.4, 0.5) is 5.13 Å². The van der Waals surface area contributed by atoms with E-state index in [1.807, 2.05) is 24.3 Å². The fourth-order valence-corrected chi connectivity index (χ4v) is 4.58. The topological polar surface area (TPSA) is 45.7 Å². The molecular weight excluding hydrogens is 509 g/mol. The Labute approximate surface area is 200 Å². The maximum atomic E-state index is 13.4. The largest absolute Gasteiger partial charge is 0.494 e. The lowest BCUT2D eigenvalue weighted by molar-refractivity contribution is 0.0983. The number of halogens is 3. The van der Waals surface area contributed by atoms with Crippen LogP contribution in [0.1, 0.15) is 24.2 Å². The van der Waals surface area contributed by atoms with Crippen molar-refractivity contribution in [2.75, 3.05) is 38.2 Å². The zero-order chi connectivity index (χ0) is 21.0. The molecule has 5 nitrogen and oxygen atoms in total. The Kier molecular flexibility index (Phi) is 9.37. The van der Waals surface area contributed by atoms with Crippen LogP contribution in [-0.4, -0.2) is 49.1 Å². The molecule has 0 spiro atoms. The van der Waals surface area contributed by atoms with Crippen LogP contribution in [0.5, 0.6) is 5.75 Å². The average Bonchev–Trinajstić information content (AvgIpc) is 3.18. The van der Waals surface area contributed by atoms with Crippen molar-refractivity contribution < 1.29 is 9.53 Å².